The lowest BCUT2D eigenvalue weighted by atomic mass is 10.0. The minimum Gasteiger partial charge on any atom is -0.481 e. The van der Waals surface area contributed by atoms with Gasteiger partial charge in [-0.2, -0.15) is 0 Å². The largest absolute Gasteiger partial charge is 0.481 e. The van der Waals surface area contributed by atoms with E-state index in [4.69, 9.17) is 27.9 Å². The number of esters is 1. The molecule has 0 radical (unpaired) electrons. The number of halogens is 2. The van der Waals surface area contributed by atoms with Crippen LogP contribution in [-0.4, -0.2) is 25.6 Å². The standard InChI is InChI=1S/C18H13Cl2NO4/c1-24-17(22)9-25-16-5-3-11(19)6-10(16)7-14-13-4-2-12(20)8-15(13)21-18(14)23/h2-8H,9H2,1H3,(H,21,23). The van der Waals surface area contributed by atoms with Crippen LogP contribution in [0, 0.1) is 0 Å². The maximum absolute atomic E-state index is 12.3. The van der Waals surface area contributed by atoms with E-state index >= 15 is 0 Å². The number of benzene rings is 2. The Morgan fingerprint density at radius 1 is 1.16 bits per heavy atom. The Bertz CT molecular complexity index is 893. The molecule has 3 rings (SSSR count). The maximum atomic E-state index is 12.3. The summed E-state index contributed by atoms with van der Waals surface area (Å²) in [6.07, 6.45) is 1.66. The lowest BCUT2D eigenvalue weighted by molar-refractivity contribution is -0.142. The van der Waals surface area contributed by atoms with Crippen molar-refractivity contribution in [3.05, 3.63) is 57.6 Å². The minimum atomic E-state index is -0.507. The highest BCUT2D eigenvalue weighted by atomic mass is 35.5. The van der Waals surface area contributed by atoms with Crippen LogP contribution in [0.25, 0.3) is 11.6 Å². The Labute approximate surface area is 154 Å². The number of fused-ring (bicyclic) bond motifs is 1. The number of anilines is 1. The fourth-order valence-corrected chi connectivity index (χ4v) is 2.78. The minimum absolute atomic E-state index is 0.243. The monoisotopic (exact) mass is 377 g/mol. The second-order valence-corrected chi connectivity index (χ2v) is 6.12. The number of carbonyl (C=O) groups is 2. The van der Waals surface area contributed by atoms with Gasteiger partial charge in [-0.15, -0.1) is 0 Å². The van der Waals surface area contributed by atoms with Crippen LogP contribution in [0.5, 0.6) is 5.75 Å². The third-order valence-electron chi connectivity index (χ3n) is 3.61. The van der Waals surface area contributed by atoms with Gasteiger partial charge in [0.15, 0.2) is 6.61 Å². The van der Waals surface area contributed by atoms with Crippen LogP contribution < -0.4 is 10.1 Å². The lowest BCUT2D eigenvalue weighted by Crippen LogP contribution is -2.13. The van der Waals surface area contributed by atoms with Crippen LogP contribution in [0.2, 0.25) is 10.0 Å². The number of amides is 1. The summed E-state index contributed by atoms with van der Waals surface area (Å²) in [5.41, 5.74) is 2.40. The van der Waals surface area contributed by atoms with Crippen molar-refractivity contribution in [2.75, 3.05) is 19.0 Å². The third-order valence-corrected chi connectivity index (χ3v) is 4.08. The molecule has 0 fully saturated rings. The number of carbonyl (C=O) groups excluding carboxylic acids is 2. The van der Waals surface area contributed by atoms with E-state index in [1.807, 2.05) is 0 Å². The van der Waals surface area contributed by atoms with Crippen molar-refractivity contribution in [1.82, 2.24) is 0 Å². The van der Waals surface area contributed by atoms with Crippen LogP contribution in [0.4, 0.5) is 5.69 Å². The smallest absolute Gasteiger partial charge is 0.343 e. The number of hydrogen-bond donors (Lipinski definition) is 1. The normalized spacial score (nSPS) is 14.2. The second-order valence-electron chi connectivity index (χ2n) is 5.25. The molecule has 0 unspecified atom stereocenters. The van der Waals surface area contributed by atoms with Crippen molar-refractivity contribution in [3.63, 3.8) is 0 Å². The van der Waals surface area contributed by atoms with E-state index in [0.717, 1.165) is 5.56 Å². The second kappa shape index (κ2) is 7.17. The Morgan fingerprint density at radius 3 is 2.64 bits per heavy atom. The van der Waals surface area contributed by atoms with E-state index in [-0.39, 0.29) is 12.5 Å². The average molecular weight is 378 g/mol. The Morgan fingerprint density at radius 2 is 1.88 bits per heavy atom. The SMILES string of the molecule is COC(=O)COc1ccc(Cl)cc1C=C1C(=O)Nc2cc(Cl)ccc21. The van der Waals surface area contributed by atoms with E-state index in [9.17, 15) is 9.59 Å². The summed E-state index contributed by atoms with van der Waals surface area (Å²) in [4.78, 5) is 23.6. The van der Waals surface area contributed by atoms with Crippen molar-refractivity contribution in [3.8, 4) is 5.75 Å². The fourth-order valence-electron chi connectivity index (χ4n) is 2.42. The van der Waals surface area contributed by atoms with Crippen molar-refractivity contribution in [2.45, 2.75) is 0 Å². The van der Waals surface area contributed by atoms with Crippen molar-refractivity contribution >= 4 is 52.4 Å². The molecule has 128 valence electrons. The van der Waals surface area contributed by atoms with Crippen LogP contribution in [0.3, 0.4) is 0 Å². The van der Waals surface area contributed by atoms with Gasteiger partial charge in [0.05, 0.1) is 12.8 Å². The molecule has 0 saturated heterocycles. The van der Waals surface area contributed by atoms with E-state index in [1.54, 1.807) is 42.5 Å². The predicted octanol–water partition coefficient (Wildman–Crippen LogP) is 4.04. The summed E-state index contributed by atoms with van der Waals surface area (Å²) in [5.74, 6) is -0.346. The van der Waals surface area contributed by atoms with Crippen LogP contribution in [-0.2, 0) is 14.3 Å². The predicted molar refractivity (Wildman–Crippen MR) is 96.9 cm³/mol. The van der Waals surface area contributed by atoms with Gasteiger partial charge < -0.3 is 14.8 Å². The zero-order valence-corrected chi connectivity index (χ0v) is 14.6. The summed E-state index contributed by atoms with van der Waals surface area (Å²) in [5, 5.41) is 3.77. The van der Waals surface area contributed by atoms with Gasteiger partial charge in [-0.3, -0.25) is 4.79 Å². The first-order chi connectivity index (χ1) is 12.0. The zero-order chi connectivity index (χ0) is 18.0. The zero-order valence-electron chi connectivity index (χ0n) is 13.1. The average Bonchev–Trinajstić information content (AvgIpc) is 2.88. The molecule has 1 aliphatic heterocycles. The van der Waals surface area contributed by atoms with Crippen LogP contribution in [0.15, 0.2) is 36.4 Å². The number of rotatable bonds is 4. The first kappa shape index (κ1) is 17.3. The van der Waals surface area contributed by atoms with E-state index < -0.39 is 5.97 Å². The third kappa shape index (κ3) is 3.78. The molecular formula is C18H13Cl2NO4. The molecule has 1 N–H and O–H groups in total. The van der Waals surface area contributed by atoms with Crippen molar-refractivity contribution in [1.29, 1.82) is 0 Å². The first-order valence-corrected chi connectivity index (χ1v) is 8.05. The van der Waals surface area contributed by atoms with Crippen molar-refractivity contribution < 1.29 is 19.1 Å². The molecule has 0 aromatic heterocycles. The molecule has 0 saturated carbocycles. The summed E-state index contributed by atoms with van der Waals surface area (Å²) in [7, 11) is 1.28. The van der Waals surface area contributed by atoms with Gasteiger partial charge in [-0.25, -0.2) is 4.79 Å². The number of ether oxygens (including phenoxy) is 2. The highest BCUT2D eigenvalue weighted by Gasteiger charge is 2.24. The van der Waals surface area contributed by atoms with E-state index in [0.29, 0.717) is 32.6 Å². The van der Waals surface area contributed by atoms with Gasteiger partial charge in [-0.1, -0.05) is 29.3 Å². The van der Waals surface area contributed by atoms with E-state index in [1.165, 1.54) is 7.11 Å². The van der Waals surface area contributed by atoms with Gasteiger partial charge in [-0.05, 0) is 36.4 Å². The molecule has 0 aliphatic carbocycles. The Balaban J connectivity index is 1.99. The highest BCUT2D eigenvalue weighted by molar-refractivity contribution is 6.37. The molecule has 25 heavy (non-hydrogen) atoms. The molecule has 1 amide bonds. The maximum Gasteiger partial charge on any atom is 0.343 e. The molecule has 0 bridgehead atoms. The van der Waals surface area contributed by atoms with Crippen molar-refractivity contribution in [2.24, 2.45) is 0 Å². The molecular weight excluding hydrogens is 365 g/mol. The Kier molecular flexibility index (Phi) is 4.97. The molecule has 1 heterocycles. The molecule has 7 heteroatoms. The molecule has 5 nitrogen and oxygen atoms in total. The lowest BCUT2D eigenvalue weighted by Gasteiger charge is -2.09. The summed E-state index contributed by atoms with van der Waals surface area (Å²) < 4.78 is 10.0. The quantitative estimate of drug-likeness (QED) is 0.644. The summed E-state index contributed by atoms with van der Waals surface area (Å²) >= 11 is 12.0. The molecule has 2 aromatic rings. The van der Waals surface area contributed by atoms with Crippen LogP contribution in [0.1, 0.15) is 11.1 Å². The number of hydrogen-bond acceptors (Lipinski definition) is 4. The summed E-state index contributed by atoms with van der Waals surface area (Å²) in [6.45, 7) is -0.243. The van der Waals surface area contributed by atoms with Crippen LogP contribution >= 0.6 is 23.2 Å². The van der Waals surface area contributed by atoms with E-state index in [2.05, 4.69) is 10.1 Å². The first-order valence-electron chi connectivity index (χ1n) is 7.30. The van der Waals surface area contributed by atoms with Gasteiger partial charge in [0, 0.05) is 26.7 Å². The molecule has 0 atom stereocenters. The molecule has 2 aromatic carbocycles. The summed E-state index contributed by atoms with van der Waals surface area (Å²) in [6, 6.07) is 10.1. The molecule has 0 spiro atoms. The Hall–Kier alpha value is -2.50. The van der Waals surface area contributed by atoms with Gasteiger partial charge in [0.2, 0.25) is 0 Å². The fraction of sp³-hybridized carbons (Fsp3) is 0.111. The number of methoxy groups -OCH3 is 1. The van der Waals surface area contributed by atoms with Gasteiger partial charge in [0.1, 0.15) is 5.75 Å². The van der Waals surface area contributed by atoms with Gasteiger partial charge >= 0.3 is 5.97 Å². The van der Waals surface area contributed by atoms with Gasteiger partial charge in [0.25, 0.3) is 5.91 Å². The number of nitrogens with one attached hydrogen (secondary N) is 1. The topological polar surface area (TPSA) is 64.6 Å². The highest BCUT2D eigenvalue weighted by Crippen LogP contribution is 2.36. The molecule has 1 aliphatic rings.